The van der Waals surface area contributed by atoms with Crippen molar-refractivity contribution in [3.63, 3.8) is 0 Å². The highest BCUT2D eigenvalue weighted by Gasteiger charge is 2.17. The first-order chi connectivity index (χ1) is 8.06. The molecule has 1 heterocycles. The third-order valence-corrected chi connectivity index (χ3v) is 2.52. The van der Waals surface area contributed by atoms with Gasteiger partial charge in [0.1, 0.15) is 11.4 Å². The van der Waals surface area contributed by atoms with Crippen molar-refractivity contribution in [1.82, 2.24) is 14.3 Å². The smallest absolute Gasteiger partial charge is 0.353 e. The van der Waals surface area contributed by atoms with Crippen LogP contribution in [0, 0.1) is 6.92 Å². The summed E-state index contributed by atoms with van der Waals surface area (Å²) in [6.45, 7) is 1.80. The molecule has 1 aromatic carbocycles. The van der Waals surface area contributed by atoms with E-state index >= 15 is 0 Å². The van der Waals surface area contributed by atoms with E-state index in [1.165, 1.54) is 24.8 Å². The molecule has 2 rings (SSSR count). The largest absolute Gasteiger partial charge is 0.506 e. The summed E-state index contributed by atoms with van der Waals surface area (Å²) in [6, 6.07) is 5.17. The highest BCUT2D eigenvalue weighted by molar-refractivity contribution is 5.52. The highest BCUT2D eigenvalue weighted by atomic mass is 16.5. The van der Waals surface area contributed by atoms with Crippen LogP contribution in [0.1, 0.15) is 5.56 Å². The molecule has 6 nitrogen and oxygen atoms in total. The van der Waals surface area contributed by atoms with E-state index in [1.807, 2.05) is 0 Å². The lowest BCUT2D eigenvalue weighted by Gasteiger charge is -2.09. The van der Waals surface area contributed by atoms with Gasteiger partial charge in [-0.05, 0) is 18.6 Å². The molecule has 17 heavy (non-hydrogen) atoms. The molecule has 0 unspecified atom stereocenters. The average Bonchev–Trinajstić information content (AvgIpc) is 2.56. The Morgan fingerprint density at radius 3 is 2.71 bits per heavy atom. The highest BCUT2D eigenvalue weighted by Crippen LogP contribution is 2.26. The number of rotatable bonds is 2. The fourth-order valence-electron chi connectivity index (χ4n) is 1.70. The standard InChI is InChI=1S/C11H13N3O3/c1-7-5-4-6-8(15)9(7)14-10(17-3)12-13(2)11(14)16/h4-6,15H,1-3H3. The van der Waals surface area contributed by atoms with Gasteiger partial charge < -0.3 is 9.84 Å². The first-order valence-electron chi connectivity index (χ1n) is 5.05. The lowest BCUT2D eigenvalue weighted by molar-refractivity contribution is 0.366. The Labute approximate surface area is 97.7 Å². The maximum absolute atomic E-state index is 11.9. The number of nitrogens with zero attached hydrogens (tertiary/aromatic N) is 3. The Bertz CT molecular complexity index is 593. The minimum Gasteiger partial charge on any atom is -0.506 e. The molecule has 0 atom stereocenters. The number of ether oxygens (including phenoxy) is 1. The Hall–Kier alpha value is -2.24. The molecule has 90 valence electrons. The maximum atomic E-state index is 11.9. The van der Waals surface area contributed by atoms with Crippen molar-refractivity contribution in [2.75, 3.05) is 7.11 Å². The molecule has 0 fully saturated rings. The normalized spacial score (nSPS) is 10.5. The fraction of sp³-hybridized carbons (Fsp3) is 0.273. The second kappa shape index (κ2) is 3.97. The summed E-state index contributed by atoms with van der Waals surface area (Å²) >= 11 is 0. The summed E-state index contributed by atoms with van der Waals surface area (Å²) < 4.78 is 7.43. The summed E-state index contributed by atoms with van der Waals surface area (Å²) in [5.74, 6) is 0.0124. The van der Waals surface area contributed by atoms with Crippen molar-refractivity contribution in [2.24, 2.45) is 7.05 Å². The van der Waals surface area contributed by atoms with E-state index in [-0.39, 0.29) is 17.4 Å². The zero-order chi connectivity index (χ0) is 12.6. The molecular weight excluding hydrogens is 222 g/mol. The van der Waals surface area contributed by atoms with Crippen molar-refractivity contribution in [1.29, 1.82) is 0 Å². The van der Waals surface area contributed by atoms with Crippen LogP contribution in [0.3, 0.4) is 0 Å². The van der Waals surface area contributed by atoms with Gasteiger partial charge in [0.25, 0.3) is 0 Å². The number of para-hydroxylation sites is 1. The van der Waals surface area contributed by atoms with E-state index in [4.69, 9.17) is 4.74 Å². The van der Waals surface area contributed by atoms with Crippen molar-refractivity contribution >= 4 is 0 Å². The van der Waals surface area contributed by atoms with Crippen LogP contribution in [-0.2, 0) is 7.05 Å². The van der Waals surface area contributed by atoms with E-state index < -0.39 is 0 Å². The first kappa shape index (κ1) is 11.3. The summed E-state index contributed by atoms with van der Waals surface area (Å²) in [4.78, 5) is 11.9. The average molecular weight is 235 g/mol. The molecule has 0 saturated carbocycles. The molecule has 0 aliphatic heterocycles. The third-order valence-electron chi connectivity index (χ3n) is 2.52. The predicted molar refractivity (Wildman–Crippen MR) is 61.8 cm³/mol. The zero-order valence-corrected chi connectivity index (χ0v) is 9.84. The lowest BCUT2D eigenvalue weighted by Crippen LogP contribution is -2.22. The van der Waals surface area contributed by atoms with Gasteiger partial charge in [-0.3, -0.25) is 0 Å². The number of phenols is 1. The van der Waals surface area contributed by atoms with Gasteiger partial charge in [0.2, 0.25) is 0 Å². The number of phenolic OH excluding ortho intramolecular Hbond substituents is 1. The first-order valence-corrected chi connectivity index (χ1v) is 5.05. The maximum Gasteiger partial charge on any atom is 0.353 e. The molecule has 0 aliphatic carbocycles. The Morgan fingerprint density at radius 1 is 1.41 bits per heavy atom. The van der Waals surface area contributed by atoms with Gasteiger partial charge >= 0.3 is 11.7 Å². The Kier molecular flexibility index (Phi) is 2.63. The second-order valence-electron chi connectivity index (χ2n) is 3.67. The van der Waals surface area contributed by atoms with Gasteiger partial charge in [-0.1, -0.05) is 12.1 Å². The van der Waals surface area contributed by atoms with Crippen molar-refractivity contribution < 1.29 is 9.84 Å². The predicted octanol–water partition coefficient (Wildman–Crippen LogP) is 0.594. The third kappa shape index (κ3) is 1.67. The van der Waals surface area contributed by atoms with Gasteiger partial charge in [0.15, 0.2) is 0 Å². The quantitative estimate of drug-likeness (QED) is 0.827. The summed E-state index contributed by atoms with van der Waals surface area (Å²) in [6.07, 6.45) is 0. The number of aryl methyl sites for hydroxylation is 2. The SMILES string of the molecule is COc1nn(C)c(=O)n1-c1c(C)cccc1O. The van der Waals surface area contributed by atoms with Gasteiger partial charge in [-0.2, -0.15) is 0 Å². The molecule has 1 N–H and O–H groups in total. The van der Waals surface area contributed by atoms with Gasteiger partial charge in [-0.15, -0.1) is 5.10 Å². The molecule has 0 saturated heterocycles. The van der Waals surface area contributed by atoms with E-state index in [1.54, 1.807) is 19.1 Å². The van der Waals surface area contributed by atoms with Crippen LogP contribution in [0.15, 0.2) is 23.0 Å². The van der Waals surface area contributed by atoms with E-state index in [0.717, 1.165) is 10.2 Å². The number of methoxy groups -OCH3 is 1. The minimum atomic E-state index is -0.369. The van der Waals surface area contributed by atoms with Crippen molar-refractivity contribution in [2.45, 2.75) is 6.92 Å². The van der Waals surface area contributed by atoms with Crippen LogP contribution < -0.4 is 10.4 Å². The fourth-order valence-corrected chi connectivity index (χ4v) is 1.70. The number of hydrogen-bond donors (Lipinski definition) is 1. The van der Waals surface area contributed by atoms with Crippen LogP contribution in [0.25, 0.3) is 5.69 Å². The van der Waals surface area contributed by atoms with E-state index in [0.29, 0.717) is 5.69 Å². The Morgan fingerprint density at radius 2 is 2.12 bits per heavy atom. The number of benzene rings is 1. The van der Waals surface area contributed by atoms with Gasteiger partial charge in [-0.25, -0.2) is 14.0 Å². The molecule has 6 heteroatoms. The molecular formula is C11H13N3O3. The molecule has 0 bridgehead atoms. The van der Waals surface area contributed by atoms with Crippen molar-refractivity contribution in [3.05, 3.63) is 34.2 Å². The summed E-state index contributed by atoms with van der Waals surface area (Å²) in [5, 5.41) is 13.8. The second-order valence-corrected chi connectivity index (χ2v) is 3.67. The Balaban J connectivity index is 2.81. The lowest BCUT2D eigenvalue weighted by atomic mass is 10.2. The summed E-state index contributed by atoms with van der Waals surface area (Å²) in [5.41, 5.74) is 0.785. The van der Waals surface area contributed by atoms with E-state index in [9.17, 15) is 9.90 Å². The summed E-state index contributed by atoms with van der Waals surface area (Å²) in [7, 11) is 2.95. The monoisotopic (exact) mass is 235 g/mol. The zero-order valence-electron chi connectivity index (χ0n) is 9.84. The molecule has 0 amide bonds. The number of aromatic nitrogens is 3. The van der Waals surface area contributed by atoms with Crippen LogP contribution in [0.4, 0.5) is 0 Å². The number of hydrogen-bond acceptors (Lipinski definition) is 4. The molecule has 2 aromatic rings. The van der Waals surface area contributed by atoms with Crippen LogP contribution >= 0.6 is 0 Å². The molecule has 0 spiro atoms. The van der Waals surface area contributed by atoms with Gasteiger partial charge in [0.05, 0.1) is 7.11 Å². The molecule has 0 aliphatic rings. The van der Waals surface area contributed by atoms with Crippen LogP contribution in [0.5, 0.6) is 11.8 Å². The molecule has 0 radical (unpaired) electrons. The molecule has 1 aromatic heterocycles. The van der Waals surface area contributed by atoms with E-state index in [2.05, 4.69) is 5.10 Å². The topological polar surface area (TPSA) is 69.3 Å². The van der Waals surface area contributed by atoms with Gasteiger partial charge in [0, 0.05) is 7.05 Å². The van der Waals surface area contributed by atoms with Crippen LogP contribution in [-0.4, -0.2) is 26.6 Å². The van der Waals surface area contributed by atoms with Crippen LogP contribution in [0.2, 0.25) is 0 Å². The minimum absolute atomic E-state index is 0.0124. The number of aromatic hydroxyl groups is 1. The van der Waals surface area contributed by atoms with Crippen molar-refractivity contribution in [3.8, 4) is 17.4 Å².